The first-order valence-corrected chi connectivity index (χ1v) is 10.5. The lowest BCUT2D eigenvalue weighted by molar-refractivity contribution is -0.137. The molecule has 0 aliphatic carbocycles. The van der Waals surface area contributed by atoms with E-state index in [2.05, 4.69) is 9.97 Å². The van der Waals surface area contributed by atoms with E-state index in [1.807, 2.05) is 35.2 Å². The molecule has 0 radical (unpaired) electrons. The predicted molar refractivity (Wildman–Crippen MR) is 112 cm³/mol. The molecule has 0 N–H and O–H groups in total. The van der Waals surface area contributed by atoms with Crippen molar-refractivity contribution in [2.24, 2.45) is 0 Å². The van der Waals surface area contributed by atoms with Gasteiger partial charge in [0.1, 0.15) is 10.8 Å². The van der Waals surface area contributed by atoms with E-state index in [9.17, 15) is 18.0 Å². The monoisotopic (exact) mass is 444 g/mol. The van der Waals surface area contributed by atoms with Gasteiger partial charge in [0.05, 0.1) is 5.56 Å². The molecule has 3 aromatic rings. The van der Waals surface area contributed by atoms with Crippen LogP contribution in [0.5, 0.6) is 0 Å². The molecule has 3 heterocycles. The smallest absolute Gasteiger partial charge is 0.353 e. The Kier molecular flexibility index (Phi) is 6.13. The van der Waals surface area contributed by atoms with Crippen LogP contribution in [0.3, 0.4) is 0 Å². The summed E-state index contributed by atoms with van der Waals surface area (Å²) in [5.41, 5.74) is -0.166. The molecule has 1 fully saturated rings. The minimum Gasteiger partial charge on any atom is -0.353 e. The minimum absolute atomic E-state index is 0.0607. The lowest BCUT2D eigenvalue weighted by Gasteiger charge is -2.35. The zero-order valence-electron chi connectivity index (χ0n) is 16.4. The molecule has 4 rings (SSSR count). The van der Waals surface area contributed by atoms with E-state index in [1.54, 1.807) is 23.2 Å². The maximum absolute atomic E-state index is 12.8. The first kappa shape index (κ1) is 21.2. The summed E-state index contributed by atoms with van der Waals surface area (Å²) < 4.78 is 38.1. The van der Waals surface area contributed by atoms with Crippen LogP contribution in [0.25, 0.3) is 0 Å². The van der Waals surface area contributed by atoms with Crippen LogP contribution in [-0.2, 0) is 6.18 Å². The largest absolute Gasteiger partial charge is 0.417 e. The van der Waals surface area contributed by atoms with Crippen LogP contribution in [-0.4, -0.2) is 47.0 Å². The van der Waals surface area contributed by atoms with Crippen molar-refractivity contribution in [3.63, 3.8) is 0 Å². The summed E-state index contributed by atoms with van der Waals surface area (Å²) in [6.07, 6.45) is -1.82. The van der Waals surface area contributed by atoms with Gasteiger partial charge in [-0.05, 0) is 48.5 Å². The third-order valence-corrected chi connectivity index (χ3v) is 5.89. The molecule has 2 aromatic heterocycles. The topological polar surface area (TPSA) is 49.3 Å². The number of benzene rings is 1. The Morgan fingerprint density at radius 3 is 2.23 bits per heavy atom. The van der Waals surface area contributed by atoms with Gasteiger partial charge in [0, 0.05) is 49.0 Å². The third kappa shape index (κ3) is 5.16. The number of rotatable bonds is 4. The number of nitrogens with zero attached hydrogens (tertiary/aromatic N) is 4. The fourth-order valence-electron chi connectivity index (χ4n) is 3.26. The van der Waals surface area contributed by atoms with E-state index >= 15 is 0 Å². The SMILES string of the molecule is O=C(c1ccc(Sc2ccccn2)cc1)N1CCN(c2ccc(C(F)(F)F)cn2)CC1. The van der Waals surface area contributed by atoms with E-state index in [4.69, 9.17) is 0 Å². The molecule has 1 aliphatic rings. The van der Waals surface area contributed by atoms with Crippen molar-refractivity contribution in [1.29, 1.82) is 0 Å². The highest BCUT2D eigenvalue weighted by atomic mass is 32.2. The summed E-state index contributed by atoms with van der Waals surface area (Å²) in [6.45, 7) is 1.98. The highest BCUT2D eigenvalue weighted by Gasteiger charge is 2.31. The quantitative estimate of drug-likeness (QED) is 0.588. The molecule has 0 atom stereocenters. The molecule has 160 valence electrons. The molecule has 9 heteroatoms. The molecule has 1 aromatic carbocycles. The number of anilines is 1. The van der Waals surface area contributed by atoms with Crippen LogP contribution in [0.4, 0.5) is 19.0 Å². The normalized spacial score (nSPS) is 14.5. The number of carbonyl (C=O) groups is 1. The van der Waals surface area contributed by atoms with Crippen molar-refractivity contribution in [1.82, 2.24) is 14.9 Å². The van der Waals surface area contributed by atoms with Crippen molar-refractivity contribution < 1.29 is 18.0 Å². The number of pyridine rings is 2. The van der Waals surface area contributed by atoms with Gasteiger partial charge in [0.15, 0.2) is 0 Å². The minimum atomic E-state index is -4.40. The van der Waals surface area contributed by atoms with E-state index in [1.165, 1.54) is 17.8 Å². The molecule has 0 saturated carbocycles. The maximum atomic E-state index is 12.8. The van der Waals surface area contributed by atoms with Crippen LogP contribution in [0, 0.1) is 0 Å². The number of alkyl halides is 3. The van der Waals surface area contributed by atoms with Crippen molar-refractivity contribution >= 4 is 23.5 Å². The molecule has 0 unspecified atom stereocenters. The van der Waals surface area contributed by atoms with E-state index in [-0.39, 0.29) is 5.91 Å². The number of halogens is 3. The van der Waals surface area contributed by atoms with Gasteiger partial charge in [0.25, 0.3) is 5.91 Å². The summed E-state index contributed by atoms with van der Waals surface area (Å²) in [7, 11) is 0. The van der Waals surface area contributed by atoms with Gasteiger partial charge < -0.3 is 9.80 Å². The maximum Gasteiger partial charge on any atom is 0.417 e. The molecule has 0 bridgehead atoms. The molecule has 1 aliphatic heterocycles. The fourth-order valence-corrected chi connectivity index (χ4v) is 4.03. The molecule has 31 heavy (non-hydrogen) atoms. The van der Waals surface area contributed by atoms with Gasteiger partial charge in [-0.2, -0.15) is 13.2 Å². The average Bonchev–Trinajstić information content (AvgIpc) is 2.79. The Balaban J connectivity index is 1.34. The number of amides is 1. The first-order chi connectivity index (χ1) is 14.9. The second-order valence-corrected chi connectivity index (χ2v) is 8.07. The van der Waals surface area contributed by atoms with Gasteiger partial charge >= 0.3 is 6.18 Å². The van der Waals surface area contributed by atoms with Crippen LogP contribution in [0.15, 0.2) is 76.9 Å². The summed E-state index contributed by atoms with van der Waals surface area (Å²) in [4.78, 5) is 25.7. The fraction of sp³-hybridized carbons (Fsp3) is 0.227. The zero-order valence-corrected chi connectivity index (χ0v) is 17.2. The summed E-state index contributed by atoms with van der Waals surface area (Å²) in [5, 5.41) is 0.884. The van der Waals surface area contributed by atoms with Crippen molar-refractivity contribution in [3.05, 3.63) is 78.1 Å². The van der Waals surface area contributed by atoms with Crippen LogP contribution in [0.2, 0.25) is 0 Å². The Labute approximate surface area is 181 Å². The lowest BCUT2D eigenvalue weighted by atomic mass is 10.2. The number of hydrogen-bond donors (Lipinski definition) is 0. The standard InChI is InChI=1S/C22H19F3N4OS/c23-22(24,25)17-6-9-19(27-15-17)28-11-13-29(14-12-28)21(30)16-4-7-18(8-5-16)31-20-3-1-2-10-26-20/h1-10,15H,11-14H2. The Morgan fingerprint density at radius 2 is 1.65 bits per heavy atom. The summed E-state index contributed by atoms with van der Waals surface area (Å²) >= 11 is 1.52. The van der Waals surface area contributed by atoms with Crippen molar-refractivity contribution in [2.75, 3.05) is 31.1 Å². The molecule has 0 spiro atoms. The summed E-state index contributed by atoms with van der Waals surface area (Å²) in [5.74, 6) is 0.422. The van der Waals surface area contributed by atoms with Gasteiger partial charge in [0.2, 0.25) is 0 Å². The van der Waals surface area contributed by atoms with Crippen molar-refractivity contribution in [3.8, 4) is 0 Å². The Morgan fingerprint density at radius 1 is 0.903 bits per heavy atom. The Bertz CT molecular complexity index is 1020. The van der Waals surface area contributed by atoms with Gasteiger partial charge in [-0.25, -0.2) is 9.97 Å². The molecule has 1 saturated heterocycles. The number of carbonyl (C=O) groups excluding carboxylic acids is 1. The Hall–Kier alpha value is -3.07. The highest BCUT2D eigenvalue weighted by Crippen LogP contribution is 2.30. The molecule has 5 nitrogen and oxygen atoms in total. The molecule has 1 amide bonds. The summed E-state index contributed by atoms with van der Waals surface area (Å²) in [6, 6.07) is 15.5. The zero-order chi connectivity index (χ0) is 21.8. The number of aromatic nitrogens is 2. The molecular formula is C22H19F3N4OS. The van der Waals surface area contributed by atoms with Crippen molar-refractivity contribution in [2.45, 2.75) is 16.1 Å². The predicted octanol–water partition coefficient (Wildman–Crippen LogP) is 4.61. The van der Waals surface area contributed by atoms with Gasteiger partial charge in [-0.1, -0.05) is 17.8 Å². The lowest BCUT2D eigenvalue weighted by Crippen LogP contribution is -2.49. The van der Waals surface area contributed by atoms with E-state index < -0.39 is 11.7 Å². The average molecular weight is 444 g/mol. The third-order valence-electron chi connectivity index (χ3n) is 4.93. The van der Waals surface area contributed by atoms with E-state index in [0.717, 1.165) is 22.2 Å². The van der Waals surface area contributed by atoms with Gasteiger partial charge in [-0.15, -0.1) is 0 Å². The second kappa shape index (κ2) is 8.97. The first-order valence-electron chi connectivity index (χ1n) is 9.66. The van der Waals surface area contributed by atoms with Crippen LogP contribution >= 0.6 is 11.8 Å². The van der Waals surface area contributed by atoms with Crippen LogP contribution in [0.1, 0.15) is 15.9 Å². The molecular weight excluding hydrogens is 425 g/mol. The second-order valence-electron chi connectivity index (χ2n) is 6.98. The highest BCUT2D eigenvalue weighted by molar-refractivity contribution is 7.99. The van der Waals surface area contributed by atoms with Gasteiger partial charge in [-0.3, -0.25) is 4.79 Å². The van der Waals surface area contributed by atoms with Crippen LogP contribution < -0.4 is 4.90 Å². The number of hydrogen-bond acceptors (Lipinski definition) is 5. The number of piperazine rings is 1. The van der Waals surface area contributed by atoms with E-state index in [0.29, 0.717) is 37.6 Å².